The Morgan fingerprint density at radius 2 is 0.975 bits per heavy atom. The van der Waals surface area contributed by atoms with E-state index in [0.717, 1.165) is 44.2 Å². The molecule has 0 saturated carbocycles. The van der Waals surface area contributed by atoms with Crippen LogP contribution in [0.5, 0.6) is 0 Å². The van der Waals surface area contributed by atoms with Crippen LogP contribution in [0.3, 0.4) is 0 Å². The van der Waals surface area contributed by atoms with Crippen LogP contribution in [0.25, 0.3) is 87.7 Å². The third-order valence-corrected chi connectivity index (χ3v) is 8.26. The summed E-state index contributed by atoms with van der Waals surface area (Å²) in [5.41, 5.74) is 6.20. The van der Waals surface area contributed by atoms with Gasteiger partial charge < -0.3 is 8.83 Å². The summed E-state index contributed by atoms with van der Waals surface area (Å²) in [7, 11) is 0. The Balaban J connectivity index is 1.42. The minimum Gasteiger partial charge on any atom is -0.456 e. The monoisotopic (exact) mass is 510 g/mol. The standard InChI is InChI=1S/C38H22O2/c1-2-12-25-23(10-1)11-9-18-26(25)35-27-13-3-5-15-29(27)36(30-16-6-4-14-28(30)35)34-22-24-20-21-33-37(38(24)40-34)31-17-7-8-19-32(31)39-33/h1-22H. The minimum atomic E-state index is 0.843. The fourth-order valence-electron chi connectivity index (χ4n) is 6.56. The second-order valence-electron chi connectivity index (χ2n) is 10.4. The molecule has 2 aromatic heterocycles. The lowest BCUT2D eigenvalue weighted by atomic mass is 9.86. The third-order valence-electron chi connectivity index (χ3n) is 8.26. The number of rotatable bonds is 2. The smallest absolute Gasteiger partial charge is 0.146 e. The maximum Gasteiger partial charge on any atom is 0.146 e. The largest absolute Gasteiger partial charge is 0.456 e. The molecule has 0 saturated heterocycles. The summed E-state index contributed by atoms with van der Waals surface area (Å²) in [6, 6.07) is 47.2. The van der Waals surface area contributed by atoms with E-state index >= 15 is 0 Å². The molecule has 0 amide bonds. The highest BCUT2D eigenvalue weighted by atomic mass is 16.3. The van der Waals surface area contributed by atoms with Gasteiger partial charge in [0.1, 0.15) is 22.5 Å². The summed E-state index contributed by atoms with van der Waals surface area (Å²) in [6.45, 7) is 0. The van der Waals surface area contributed by atoms with Gasteiger partial charge in [-0.2, -0.15) is 0 Å². The maximum atomic E-state index is 6.81. The quantitative estimate of drug-likeness (QED) is 0.216. The van der Waals surface area contributed by atoms with Crippen LogP contribution in [0.1, 0.15) is 0 Å². The topological polar surface area (TPSA) is 26.3 Å². The van der Waals surface area contributed by atoms with E-state index in [2.05, 4.69) is 115 Å². The zero-order chi connectivity index (χ0) is 26.2. The zero-order valence-electron chi connectivity index (χ0n) is 21.5. The van der Waals surface area contributed by atoms with Crippen LogP contribution in [0, 0.1) is 0 Å². The van der Waals surface area contributed by atoms with E-state index in [1.807, 2.05) is 18.2 Å². The highest BCUT2D eigenvalue weighted by molar-refractivity contribution is 6.24. The molecule has 0 spiro atoms. The van der Waals surface area contributed by atoms with E-state index in [0.29, 0.717) is 0 Å². The zero-order valence-corrected chi connectivity index (χ0v) is 21.5. The van der Waals surface area contributed by atoms with Crippen LogP contribution < -0.4 is 0 Å². The van der Waals surface area contributed by atoms with Crippen molar-refractivity contribution >= 4 is 65.2 Å². The molecule has 2 heteroatoms. The molecule has 0 aliphatic carbocycles. The van der Waals surface area contributed by atoms with E-state index in [1.54, 1.807) is 0 Å². The van der Waals surface area contributed by atoms with Crippen molar-refractivity contribution in [1.82, 2.24) is 0 Å². The molecular formula is C38H22O2. The van der Waals surface area contributed by atoms with Crippen LogP contribution in [-0.2, 0) is 0 Å². The molecule has 0 aliphatic heterocycles. The lowest BCUT2D eigenvalue weighted by Crippen LogP contribution is -1.90. The van der Waals surface area contributed by atoms with Gasteiger partial charge in [-0.3, -0.25) is 0 Å². The van der Waals surface area contributed by atoms with Crippen molar-refractivity contribution in [1.29, 1.82) is 0 Å². The van der Waals surface area contributed by atoms with E-state index in [4.69, 9.17) is 8.83 Å². The Kier molecular flexibility index (Phi) is 4.36. The molecule has 0 N–H and O–H groups in total. The highest BCUT2D eigenvalue weighted by Gasteiger charge is 2.21. The van der Waals surface area contributed by atoms with Crippen molar-refractivity contribution in [2.75, 3.05) is 0 Å². The van der Waals surface area contributed by atoms with Crippen LogP contribution in [0.4, 0.5) is 0 Å². The SMILES string of the molecule is c1ccc2c(-c3c4ccccc4c(-c4cc5ccc6oc7ccccc7c6c5o4)c4ccccc34)cccc2c1. The normalized spacial score (nSPS) is 12.0. The Labute approximate surface area is 229 Å². The number of furan rings is 2. The average Bonchev–Trinajstić information content (AvgIpc) is 3.61. The highest BCUT2D eigenvalue weighted by Crippen LogP contribution is 2.47. The number of hydrogen-bond donors (Lipinski definition) is 0. The first kappa shape index (κ1) is 21.6. The van der Waals surface area contributed by atoms with Gasteiger partial charge in [0.25, 0.3) is 0 Å². The van der Waals surface area contributed by atoms with Gasteiger partial charge in [-0.25, -0.2) is 0 Å². The van der Waals surface area contributed by atoms with Crippen molar-refractivity contribution < 1.29 is 8.83 Å². The van der Waals surface area contributed by atoms with Gasteiger partial charge in [0.05, 0.1) is 5.39 Å². The van der Waals surface area contributed by atoms with Crippen molar-refractivity contribution in [2.45, 2.75) is 0 Å². The fraction of sp³-hybridized carbons (Fsp3) is 0. The molecule has 186 valence electrons. The van der Waals surface area contributed by atoms with Crippen LogP contribution in [0.15, 0.2) is 142 Å². The van der Waals surface area contributed by atoms with Crippen LogP contribution >= 0.6 is 0 Å². The minimum absolute atomic E-state index is 0.843. The van der Waals surface area contributed by atoms with Gasteiger partial charge in [-0.1, -0.05) is 109 Å². The molecule has 0 aliphatic rings. The molecule has 7 aromatic carbocycles. The molecule has 2 nitrogen and oxygen atoms in total. The Morgan fingerprint density at radius 1 is 0.375 bits per heavy atom. The van der Waals surface area contributed by atoms with E-state index < -0.39 is 0 Å². The summed E-state index contributed by atoms with van der Waals surface area (Å²) in [5.74, 6) is 0.865. The molecular weight excluding hydrogens is 488 g/mol. The first-order valence-electron chi connectivity index (χ1n) is 13.6. The Morgan fingerprint density at radius 3 is 1.73 bits per heavy atom. The molecule has 0 atom stereocenters. The van der Waals surface area contributed by atoms with Gasteiger partial charge in [0, 0.05) is 16.3 Å². The summed E-state index contributed by atoms with van der Waals surface area (Å²) in [5, 5.41) is 10.5. The van der Waals surface area contributed by atoms with Gasteiger partial charge in [-0.05, 0) is 67.7 Å². The first-order chi connectivity index (χ1) is 19.8. The van der Waals surface area contributed by atoms with E-state index in [-0.39, 0.29) is 0 Å². The molecule has 9 aromatic rings. The van der Waals surface area contributed by atoms with Crippen LogP contribution in [-0.4, -0.2) is 0 Å². The predicted octanol–water partition coefficient (Wildman–Crippen LogP) is 11.1. The number of para-hydroxylation sites is 1. The molecule has 0 bridgehead atoms. The second-order valence-corrected chi connectivity index (χ2v) is 10.4. The molecule has 2 heterocycles. The number of fused-ring (bicyclic) bond motifs is 8. The average molecular weight is 511 g/mol. The van der Waals surface area contributed by atoms with Gasteiger partial charge in [0.15, 0.2) is 0 Å². The van der Waals surface area contributed by atoms with Crippen molar-refractivity contribution in [3.63, 3.8) is 0 Å². The third kappa shape index (κ3) is 2.93. The lowest BCUT2D eigenvalue weighted by Gasteiger charge is -2.17. The van der Waals surface area contributed by atoms with Gasteiger partial charge in [0.2, 0.25) is 0 Å². The van der Waals surface area contributed by atoms with Gasteiger partial charge in [-0.15, -0.1) is 0 Å². The molecule has 0 unspecified atom stereocenters. The number of hydrogen-bond acceptors (Lipinski definition) is 2. The van der Waals surface area contributed by atoms with Crippen LogP contribution in [0.2, 0.25) is 0 Å². The molecule has 0 fully saturated rings. The number of benzene rings is 7. The van der Waals surface area contributed by atoms with Gasteiger partial charge >= 0.3 is 0 Å². The Bertz CT molecular complexity index is 2370. The maximum absolute atomic E-state index is 6.81. The van der Waals surface area contributed by atoms with E-state index in [9.17, 15) is 0 Å². The predicted molar refractivity (Wildman–Crippen MR) is 167 cm³/mol. The summed E-state index contributed by atoms with van der Waals surface area (Å²) < 4.78 is 13.0. The fourth-order valence-corrected chi connectivity index (χ4v) is 6.56. The summed E-state index contributed by atoms with van der Waals surface area (Å²) in [6.07, 6.45) is 0. The molecule has 0 radical (unpaired) electrons. The van der Waals surface area contributed by atoms with E-state index in [1.165, 1.54) is 43.4 Å². The summed E-state index contributed by atoms with van der Waals surface area (Å²) in [4.78, 5) is 0. The van der Waals surface area contributed by atoms with Crippen molar-refractivity contribution in [2.24, 2.45) is 0 Å². The molecule has 40 heavy (non-hydrogen) atoms. The molecule has 9 rings (SSSR count). The summed E-state index contributed by atoms with van der Waals surface area (Å²) >= 11 is 0. The second kappa shape index (κ2) is 8.08. The Hall–Kier alpha value is -5.34. The lowest BCUT2D eigenvalue weighted by molar-refractivity contribution is 0.635. The first-order valence-corrected chi connectivity index (χ1v) is 13.6. The van der Waals surface area contributed by atoms with Crippen molar-refractivity contribution in [3.8, 4) is 22.5 Å². The van der Waals surface area contributed by atoms with Crippen molar-refractivity contribution in [3.05, 3.63) is 133 Å².